The number of thiazole rings is 1. The Labute approximate surface area is 210 Å². The van der Waals surface area contributed by atoms with Crippen molar-refractivity contribution in [3.05, 3.63) is 52.5 Å². The van der Waals surface area contributed by atoms with E-state index in [0.29, 0.717) is 13.0 Å². The normalized spacial score (nSPS) is 11.1. The molecule has 32 heavy (non-hydrogen) atoms. The van der Waals surface area contributed by atoms with E-state index in [2.05, 4.69) is 45.0 Å². The number of carbonyl (C=O) groups is 1. The Morgan fingerprint density at radius 1 is 1.09 bits per heavy atom. The molecule has 174 valence electrons. The Morgan fingerprint density at radius 3 is 2.50 bits per heavy atom. The van der Waals surface area contributed by atoms with Crippen LogP contribution in [-0.4, -0.2) is 48.7 Å². The van der Waals surface area contributed by atoms with E-state index < -0.39 is 0 Å². The van der Waals surface area contributed by atoms with Crippen LogP contribution in [0.15, 0.2) is 41.3 Å². The smallest absolute Gasteiger partial charge is 0.228 e. The van der Waals surface area contributed by atoms with Gasteiger partial charge in [0.1, 0.15) is 0 Å². The van der Waals surface area contributed by atoms with Gasteiger partial charge in [-0.2, -0.15) is 0 Å². The molecule has 2 aromatic carbocycles. The van der Waals surface area contributed by atoms with E-state index >= 15 is 0 Å². The zero-order chi connectivity index (χ0) is 22.4. The van der Waals surface area contributed by atoms with Crippen LogP contribution in [0.4, 0.5) is 5.13 Å². The third-order valence-electron chi connectivity index (χ3n) is 4.95. The number of nitrogens with zero attached hydrogens (tertiary/aromatic N) is 3. The zero-order valence-corrected chi connectivity index (χ0v) is 22.3. The largest absolute Gasteiger partial charge is 0.309 e. The van der Waals surface area contributed by atoms with Crippen molar-refractivity contribution < 1.29 is 4.79 Å². The molecule has 1 heterocycles. The lowest BCUT2D eigenvalue weighted by atomic mass is 10.1. The van der Waals surface area contributed by atoms with Crippen LogP contribution in [0.25, 0.3) is 10.2 Å². The fraction of sp³-hybridized carbons (Fsp3) is 0.417. The van der Waals surface area contributed by atoms with Crippen LogP contribution in [0.3, 0.4) is 0 Å². The second-order valence-electron chi connectivity index (χ2n) is 8.03. The summed E-state index contributed by atoms with van der Waals surface area (Å²) < 4.78 is 1.17. The maximum absolute atomic E-state index is 13.2. The number of hydrogen-bond donors (Lipinski definition) is 0. The first-order chi connectivity index (χ1) is 14.8. The number of aryl methyl sites for hydroxylation is 2. The van der Waals surface area contributed by atoms with Gasteiger partial charge in [0.25, 0.3) is 0 Å². The molecule has 0 aliphatic heterocycles. The highest BCUT2D eigenvalue weighted by atomic mass is 35.5. The predicted molar refractivity (Wildman–Crippen MR) is 143 cm³/mol. The highest BCUT2D eigenvalue weighted by Crippen LogP contribution is 2.32. The van der Waals surface area contributed by atoms with Crippen LogP contribution in [0.5, 0.6) is 0 Å². The summed E-state index contributed by atoms with van der Waals surface area (Å²) in [5.74, 6) is 1.06. The van der Waals surface area contributed by atoms with Crippen LogP contribution >= 0.6 is 47.1 Å². The molecule has 4 nitrogen and oxygen atoms in total. The number of benzene rings is 2. The highest BCUT2D eigenvalue weighted by molar-refractivity contribution is 7.99. The number of carbonyl (C=O) groups excluding carboxylic acids is 1. The van der Waals surface area contributed by atoms with Crippen molar-refractivity contribution in [3.8, 4) is 0 Å². The van der Waals surface area contributed by atoms with Crippen LogP contribution < -0.4 is 4.90 Å². The molecule has 3 rings (SSSR count). The molecule has 0 aliphatic carbocycles. The second kappa shape index (κ2) is 12.8. The van der Waals surface area contributed by atoms with Gasteiger partial charge in [-0.05, 0) is 94.5 Å². The van der Waals surface area contributed by atoms with Gasteiger partial charge >= 0.3 is 0 Å². The average Bonchev–Trinajstić information content (AvgIpc) is 3.13. The zero-order valence-electron chi connectivity index (χ0n) is 19.1. The van der Waals surface area contributed by atoms with Gasteiger partial charge in [-0.25, -0.2) is 4.98 Å². The molecule has 0 fully saturated rings. The van der Waals surface area contributed by atoms with Crippen molar-refractivity contribution in [2.45, 2.75) is 38.0 Å². The molecule has 0 spiro atoms. The SMILES string of the molecule is Cc1cc(C)c2sc(N(CCCN(C)C)C(=O)CCCSc3ccc(Cl)cc3)nc2c1.Cl. The number of fused-ring (bicyclic) bond motifs is 1. The lowest BCUT2D eigenvalue weighted by Gasteiger charge is -2.21. The molecular formula is C24H31Cl2N3OS2. The van der Waals surface area contributed by atoms with E-state index in [-0.39, 0.29) is 18.3 Å². The average molecular weight is 513 g/mol. The molecule has 1 amide bonds. The minimum absolute atomic E-state index is 0. The van der Waals surface area contributed by atoms with Crippen LogP contribution in [0, 0.1) is 13.8 Å². The second-order valence-corrected chi connectivity index (χ2v) is 10.6. The number of rotatable bonds is 10. The third kappa shape index (κ3) is 7.63. The predicted octanol–water partition coefficient (Wildman–Crippen LogP) is 6.85. The number of thioether (sulfide) groups is 1. The van der Waals surface area contributed by atoms with Crippen molar-refractivity contribution in [3.63, 3.8) is 0 Å². The van der Waals surface area contributed by atoms with E-state index in [4.69, 9.17) is 16.6 Å². The minimum atomic E-state index is 0. The van der Waals surface area contributed by atoms with E-state index in [1.807, 2.05) is 29.2 Å². The summed E-state index contributed by atoms with van der Waals surface area (Å²) in [6.07, 6.45) is 2.28. The van der Waals surface area contributed by atoms with Crippen molar-refractivity contribution in [1.82, 2.24) is 9.88 Å². The number of hydrogen-bond acceptors (Lipinski definition) is 5. The monoisotopic (exact) mass is 511 g/mol. The highest BCUT2D eigenvalue weighted by Gasteiger charge is 2.20. The molecule has 0 unspecified atom stereocenters. The first kappa shape index (κ1) is 26.9. The summed E-state index contributed by atoms with van der Waals surface area (Å²) in [5, 5.41) is 1.56. The molecular weight excluding hydrogens is 481 g/mol. The fourth-order valence-electron chi connectivity index (χ4n) is 3.43. The molecule has 3 aromatic rings. The maximum Gasteiger partial charge on any atom is 0.228 e. The number of anilines is 1. The third-order valence-corrected chi connectivity index (χ3v) is 7.52. The molecule has 0 aliphatic rings. The van der Waals surface area contributed by atoms with Gasteiger partial charge < -0.3 is 4.90 Å². The van der Waals surface area contributed by atoms with Gasteiger partial charge in [-0.1, -0.05) is 29.0 Å². The van der Waals surface area contributed by atoms with Crippen molar-refractivity contribution in [1.29, 1.82) is 0 Å². The number of amides is 1. The summed E-state index contributed by atoms with van der Waals surface area (Å²) in [6.45, 7) is 5.84. The molecule has 1 aromatic heterocycles. The van der Waals surface area contributed by atoms with E-state index in [1.165, 1.54) is 20.7 Å². The van der Waals surface area contributed by atoms with Crippen LogP contribution in [0.2, 0.25) is 5.02 Å². The van der Waals surface area contributed by atoms with E-state index in [0.717, 1.165) is 40.8 Å². The van der Waals surface area contributed by atoms with Gasteiger partial charge in [0, 0.05) is 22.9 Å². The quantitative estimate of drug-likeness (QED) is 0.220. The van der Waals surface area contributed by atoms with Crippen LogP contribution in [-0.2, 0) is 4.79 Å². The molecule has 0 saturated carbocycles. The Kier molecular flexibility index (Phi) is 10.8. The Balaban J connectivity index is 0.00000363. The fourth-order valence-corrected chi connectivity index (χ4v) is 5.47. The minimum Gasteiger partial charge on any atom is -0.309 e. The molecule has 0 saturated heterocycles. The number of halogens is 2. The van der Waals surface area contributed by atoms with Gasteiger partial charge in [-0.15, -0.1) is 24.2 Å². The summed E-state index contributed by atoms with van der Waals surface area (Å²) in [7, 11) is 4.12. The van der Waals surface area contributed by atoms with Crippen molar-refractivity contribution in [2.75, 3.05) is 37.8 Å². The molecule has 8 heteroatoms. The summed E-state index contributed by atoms with van der Waals surface area (Å²) in [5.41, 5.74) is 3.41. The summed E-state index contributed by atoms with van der Waals surface area (Å²) in [6, 6.07) is 12.1. The molecule has 0 N–H and O–H groups in total. The van der Waals surface area contributed by atoms with Crippen LogP contribution in [0.1, 0.15) is 30.4 Å². The lowest BCUT2D eigenvalue weighted by molar-refractivity contribution is -0.118. The first-order valence-electron chi connectivity index (χ1n) is 10.5. The van der Waals surface area contributed by atoms with Crippen molar-refractivity contribution in [2.24, 2.45) is 0 Å². The molecule has 0 bridgehead atoms. The van der Waals surface area contributed by atoms with Gasteiger partial charge in [-0.3, -0.25) is 9.69 Å². The van der Waals surface area contributed by atoms with E-state index in [9.17, 15) is 4.79 Å². The molecule has 0 atom stereocenters. The Bertz CT molecular complexity index is 1020. The number of aromatic nitrogens is 1. The van der Waals surface area contributed by atoms with Crippen molar-refractivity contribution >= 4 is 68.4 Å². The first-order valence-corrected chi connectivity index (χ1v) is 12.7. The summed E-state index contributed by atoms with van der Waals surface area (Å²) >= 11 is 9.34. The van der Waals surface area contributed by atoms with Gasteiger partial charge in [0.15, 0.2) is 5.13 Å². The van der Waals surface area contributed by atoms with Gasteiger partial charge in [0.05, 0.1) is 10.2 Å². The Hall–Kier alpha value is -1.31. The maximum atomic E-state index is 13.2. The topological polar surface area (TPSA) is 36.4 Å². The van der Waals surface area contributed by atoms with Gasteiger partial charge in [0.2, 0.25) is 5.91 Å². The lowest BCUT2D eigenvalue weighted by Crippen LogP contribution is -2.33. The van der Waals surface area contributed by atoms with E-state index in [1.54, 1.807) is 23.1 Å². The standard InChI is InChI=1S/C24H30ClN3OS2.ClH/c1-17-15-18(2)23-21(16-17)26-24(31-23)28(13-6-12-27(3)4)22(29)7-5-14-30-20-10-8-19(25)9-11-20;/h8-11,15-16H,5-7,12-14H2,1-4H3;1H. The summed E-state index contributed by atoms with van der Waals surface area (Å²) in [4.78, 5) is 23.2. The Morgan fingerprint density at radius 2 is 1.81 bits per heavy atom. The molecule has 0 radical (unpaired) electrons.